The first kappa shape index (κ1) is 12.2. The van der Waals surface area contributed by atoms with E-state index in [1.54, 1.807) is 31.3 Å². The second-order valence-corrected chi connectivity index (χ2v) is 4.58. The Morgan fingerprint density at radius 3 is 2.85 bits per heavy atom. The molecule has 0 fully saturated rings. The van der Waals surface area contributed by atoms with Crippen LogP contribution in [0.5, 0.6) is 0 Å². The molecule has 0 amide bonds. The van der Waals surface area contributed by atoms with Crippen LogP contribution in [0.15, 0.2) is 35.3 Å². The number of rotatable bonds is 1. The van der Waals surface area contributed by atoms with E-state index >= 15 is 0 Å². The van der Waals surface area contributed by atoms with E-state index in [0.29, 0.717) is 27.7 Å². The second-order valence-electron chi connectivity index (χ2n) is 4.58. The van der Waals surface area contributed by atoms with Crippen LogP contribution in [-0.2, 0) is 0 Å². The molecule has 0 bridgehead atoms. The Morgan fingerprint density at radius 1 is 1.30 bits per heavy atom. The third kappa shape index (κ3) is 1.79. The van der Waals surface area contributed by atoms with Gasteiger partial charge in [-0.1, -0.05) is 0 Å². The molecular weight excluding hydrogens is 257 g/mol. The van der Waals surface area contributed by atoms with Gasteiger partial charge in [0.1, 0.15) is 17.4 Å². The molecular formula is C15H10FN3O. The largest absolute Gasteiger partial charge is 0.359 e. The van der Waals surface area contributed by atoms with Crippen molar-refractivity contribution in [3.05, 3.63) is 57.9 Å². The molecule has 0 atom stereocenters. The van der Waals surface area contributed by atoms with E-state index in [0.717, 1.165) is 0 Å². The molecule has 2 aromatic heterocycles. The van der Waals surface area contributed by atoms with Crippen LogP contribution in [0.3, 0.4) is 0 Å². The summed E-state index contributed by atoms with van der Waals surface area (Å²) in [7, 11) is 0. The predicted molar refractivity (Wildman–Crippen MR) is 73.8 cm³/mol. The van der Waals surface area contributed by atoms with E-state index in [4.69, 9.17) is 5.26 Å². The maximum atomic E-state index is 14.0. The van der Waals surface area contributed by atoms with Crippen LogP contribution in [0.25, 0.3) is 22.0 Å². The quantitative estimate of drug-likeness (QED) is 0.711. The van der Waals surface area contributed by atoms with E-state index in [-0.39, 0.29) is 5.56 Å². The number of nitrogens with one attached hydrogen (secondary N) is 2. The molecule has 1 aromatic carbocycles. The van der Waals surface area contributed by atoms with Crippen LogP contribution < -0.4 is 5.56 Å². The lowest BCUT2D eigenvalue weighted by molar-refractivity contribution is 0.638. The van der Waals surface area contributed by atoms with E-state index in [9.17, 15) is 9.18 Å². The summed E-state index contributed by atoms with van der Waals surface area (Å²) in [6, 6.07) is 8.38. The molecule has 3 aromatic rings. The Kier molecular flexibility index (Phi) is 2.65. The summed E-state index contributed by atoms with van der Waals surface area (Å²) in [5.41, 5.74) is 1.52. The fourth-order valence-electron chi connectivity index (χ4n) is 2.31. The van der Waals surface area contributed by atoms with Gasteiger partial charge in [0, 0.05) is 22.8 Å². The van der Waals surface area contributed by atoms with Gasteiger partial charge in [0.25, 0.3) is 5.56 Å². The third-order valence-electron chi connectivity index (χ3n) is 3.20. The molecule has 4 nitrogen and oxygen atoms in total. The van der Waals surface area contributed by atoms with Crippen LogP contribution in [0.1, 0.15) is 11.3 Å². The average Bonchev–Trinajstić information content (AvgIpc) is 2.86. The van der Waals surface area contributed by atoms with Crippen LogP contribution >= 0.6 is 0 Å². The molecule has 3 rings (SSSR count). The molecule has 0 unspecified atom stereocenters. The van der Waals surface area contributed by atoms with Gasteiger partial charge in [-0.15, -0.1) is 0 Å². The highest BCUT2D eigenvalue weighted by Gasteiger charge is 2.13. The number of aromatic amines is 2. The standard InChI is InChI=1S/C15H10FN3O/c1-8-4-11(12(7-17)15(20)19-8)10-5-9-2-3-18-14(9)13(16)6-10/h2-6,18H,1H3,(H,19,20). The number of nitrogens with zero attached hydrogens (tertiary/aromatic N) is 1. The lowest BCUT2D eigenvalue weighted by Gasteiger charge is -2.06. The van der Waals surface area contributed by atoms with E-state index in [2.05, 4.69) is 9.97 Å². The van der Waals surface area contributed by atoms with Crippen molar-refractivity contribution in [2.24, 2.45) is 0 Å². The van der Waals surface area contributed by atoms with Crippen molar-refractivity contribution < 1.29 is 4.39 Å². The number of pyridine rings is 1. The van der Waals surface area contributed by atoms with Gasteiger partial charge in [-0.2, -0.15) is 5.26 Å². The highest BCUT2D eigenvalue weighted by atomic mass is 19.1. The van der Waals surface area contributed by atoms with Gasteiger partial charge in [0.2, 0.25) is 0 Å². The molecule has 0 saturated carbocycles. The number of halogens is 1. The minimum Gasteiger partial charge on any atom is -0.359 e. The summed E-state index contributed by atoms with van der Waals surface area (Å²) in [4.78, 5) is 17.2. The number of hydrogen-bond donors (Lipinski definition) is 2. The van der Waals surface area contributed by atoms with Crippen molar-refractivity contribution in [2.75, 3.05) is 0 Å². The Balaban J connectivity index is 2.36. The number of hydrogen-bond acceptors (Lipinski definition) is 2. The van der Waals surface area contributed by atoms with Gasteiger partial charge in [-0.05, 0) is 36.8 Å². The molecule has 0 aliphatic heterocycles. The van der Waals surface area contributed by atoms with Crippen molar-refractivity contribution in [1.29, 1.82) is 5.26 Å². The second kappa shape index (κ2) is 4.35. The van der Waals surface area contributed by atoms with Crippen LogP contribution in [-0.4, -0.2) is 9.97 Å². The lowest BCUT2D eigenvalue weighted by atomic mass is 9.99. The Bertz CT molecular complexity index is 915. The molecule has 5 heteroatoms. The maximum absolute atomic E-state index is 14.0. The topological polar surface area (TPSA) is 72.4 Å². The van der Waals surface area contributed by atoms with Crippen LogP contribution in [0.2, 0.25) is 0 Å². The normalized spacial score (nSPS) is 10.7. The predicted octanol–water partition coefficient (Wildman–Crippen LogP) is 2.84. The number of fused-ring (bicyclic) bond motifs is 1. The number of aryl methyl sites for hydroxylation is 1. The zero-order chi connectivity index (χ0) is 14.3. The van der Waals surface area contributed by atoms with Crippen molar-refractivity contribution in [3.8, 4) is 17.2 Å². The monoisotopic (exact) mass is 267 g/mol. The fraction of sp³-hybridized carbons (Fsp3) is 0.0667. The highest BCUT2D eigenvalue weighted by Crippen LogP contribution is 2.27. The van der Waals surface area contributed by atoms with Gasteiger partial charge < -0.3 is 9.97 Å². The molecule has 2 N–H and O–H groups in total. The molecule has 2 heterocycles. The Hall–Kier alpha value is -2.87. The molecule has 0 spiro atoms. The first-order valence-electron chi connectivity index (χ1n) is 6.01. The minimum absolute atomic E-state index is 0.00937. The summed E-state index contributed by atoms with van der Waals surface area (Å²) in [5, 5.41) is 9.82. The first-order chi connectivity index (χ1) is 9.60. The van der Waals surface area contributed by atoms with Gasteiger partial charge >= 0.3 is 0 Å². The van der Waals surface area contributed by atoms with E-state index in [1.165, 1.54) is 6.07 Å². The summed E-state index contributed by atoms with van der Waals surface area (Å²) in [5.74, 6) is -0.413. The Labute approximate surface area is 113 Å². The third-order valence-corrected chi connectivity index (χ3v) is 3.20. The van der Waals surface area contributed by atoms with Crippen molar-refractivity contribution >= 4 is 10.9 Å². The van der Waals surface area contributed by atoms with Crippen molar-refractivity contribution in [3.63, 3.8) is 0 Å². The summed E-state index contributed by atoms with van der Waals surface area (Å²) >= 11 is 0. The zero-order valence-corrected chi connectivity index (χ0v) is 10.6. The number of aromatic nitrogens is 2. The first-order valence-corrected chi connectivity index (χ1v) is 6.01. The molecule has 98 valence electrons. The fourth-order valence-corrected chi connectivity index (χ4v) is 2.31. The number of benzene rings is 1. The van der Waals surface area contributed by atoms with Crippen LogP contribution in [0, 0.1) is 24.1 Å². The molecule has 0 saturated heterocycles. The minimum atomic E-state index is -0.461. The van der Waals surface area contributed by atoms with E-state index < -0.39 is 11.4 Å². The van der Waals surface area contributed by atoms with Crippen molar-refractivity contribution in [2.45, 2.75) is 6.92 Å². The van der Waals surface area contributed by atoms with Gasteiger partial charge in [-0.25, -0.2) is 4.39 Å². The van der Waals surface area contributed by atoms with Crippen molar-refractivity contribution in [1.82, 2.24) is 9.97 Å². The van der Waals surface area contributed by atoms with Gasteiger partial charge in [0.05, 0.1) is 5.52 Å². The SMILES string of the molecule is Cc1cc(-c2cc(F)c3[nH]ccc3c2)c(C#N)c(=O)[nH]1. The van der Waals surface area contributed by atoms with Gasteiger partial charge in [-0.3, -0.25) is 4.79 Å². The summed E-state index contributed by atoms with van der Waals surface area (Å²) in [6.45, 7) is 1.72. The maximum Gasteiger partial charge on any atom is 0.266 e. The smallest absolute Gasteiger partial charge is 0.266 e. The lowest BCUT2D eigenvalue weighted by Crippen LogP contribution is -2.12. The zero-order valence-electron chi connectivity index (χ0n) is 10.6. The molecule has 20 heavy (non-hydrogen) atoms. The van der Waals surface area contributed by atoms with Gasteiger partial charge in [0.15, 0.2) is 0 Å². The Morgan fingerprint density at radius 2 is 2.10 bits per heavy atom. The number of nitriles is 1. The number of H-pyrrole nitrogens is 2. The van der Waals surface area contributed by atoms with Crippen LogP contribution in [0.4, 0.5) is 4.39 Å². The average molecular weight is 267 g/mol. The van der Waals surface area contributed by atoms with E-state index in [1.807, 2.05) is 6.07 Å². The molecule has 0 aliphatic carbocycles. The molecule has 0 aliphatic rings. The highest BCUT2D eigenvalue weighted by molar-refractivity contribution is 5.86. The summed E-state index contributed by atoms with van der Waals surface area (Å²) in [6.07, 6.45) is 1.64. The molecule has 0 radical (unpaired) electrons. The summed E-state index contributed by atoms with van der Waals surface area (Å²) < 4.78 is 14.0.